The Balaban J connectivity index is 1.57. The molecule has 0 saturated heterocycles. The molecule has 7 nitrogen and oxygen atoms in total. The number of hydrogen-bond donors (Lipinski definition) is 0. The van der Waals surface area contributed by atoms with Crippen molar-refractivity contribution in [1.82, 2.24) is 4.90 Å². The normalized spacial score (nSPS) is 14.5. The van der Waals surface area contributed by atoms with Gasteiger partial charge in [0.1, 0.15) is 18.2 Å². The van der Waals surface area contributed by atoms with E-state index in [1.54, 1.807) is 43.3 Å². The summed E-state index contributed by atoms with van der Waals surface area (Å²) >= 11 is 0. The summed E-state index contributed by atoms with van der Waals surface area (Å²) in [6, 6.07) is 29.8. The second-order valence-electron chi connectivity index (χ2n) is 8.28. The molecular weight excluding hydrogens is 466 g/mol. The van der Waals surface area contributed by atoms with Crippen LogP contribution in [0.2, 0.25) is 0 Å². The van der Waals surface area contributed by atoms with Gasteiger partial charge >= 0.3 is 5.97 Å². The van der Waals surface area contributed by atoms with Crippen LogP contribution >= 0.6 is 0 Å². The summed E-state index contributed by atoms with van der Waals surface area (Å²) in [4.78, 5) is 41.5. The quantitative estimate of drug-likeness (QED) is 0.255. The molecule has 0 aromatic heterocycles. The van der Waals surface area contributed by atoms with Crippen molar-refractivity contribution in [2.75, 3.05) is 24.6 Å². The lowest BCUT2D eigenvalue weighted by atomic mass is 9.95. The fourth-order valence-corrected chi connectivity index (χ4v) is 4.05. The van der Waals surface area contributed by atoms with Gasteiger partial charge in [0.15, 0.2) is 0 Å². The SMILES string of the molecule is CC1=C(C#N)C(=O)N(CCOC(=O)c2ccccc2)C(=O)C1=CCN(c1ccccc1)c1ccccc1. The molecule has 3 aromatic carbocycles. The predicted molar refractivity (Wildman–Crippen MR) is 140 cm³/mol. The van der Waals surface area contributed by atoms with E-state index in [9.17, 15) is 19.6 Å². The lowest BCUT2D eigenvalue weighted by Crippen LogP contribution is -2.44. The van der Waals surface area contributed by atoms with E-state index >= 15 is 0 Å². The number of anilines is 2. The molecule has 1 heterocycles. The molecule has 0 N–H and O–H groups in total. The Morgan fingerprint density at radius 3 is 1.97 bits per heavy atom. The van der Waals surface area contributed by atoms with Crippen LogP contribution in [0.4, 0.5) is 11.4 Å². The summed E-state index contributed by atoms with van der Waals surface area (Å²) in [7, 11) is 0. The molecule has 0 atom stereocenters. The van der Waals surface area contributed by atoms with Gasteiger partial charge in [0.2, 0.25) is 0 Å². The fourth-order valence-electron chi connectivity index (χ4n) is 4.05. The molecule has 0 aliphatic carbocycles. The number of esters is 1. The Kier molecular flexibility index (Phi) is 7.91. The summed E-state index contributed by atoms with van der Waals surface area (Å²) in [5.74, 6) is -1.78. The number of carbonyl (C=O) groups excluding carboxylic acids is 3. The summed E-state index contributed by atoms with van der Waals surface area (Å²) in [6.45, 7) is 1.59. The fraction of sp³-hybridized carbons (Fsp3) is 0.133. The minimum Gasteiger partial charge on any atom is -0.460 e. The molecule has 3 aromatic rings. The number of para-hydroxylation sites is 2. The van der Waals surface area contributed by atoms with Crippen LogP contribution in [-0.4, -0.2) is 42.4 Å². The number of nitrogens with zero attached hydrogens (tertiary/aromatic N) is 3. The number of benzene rings is 3. The third kappa shape index (κ3) is 5.65. The van der Waals surface area contributed by atoms with Gasteiger partial charge in [-0.3, -0.25) is 14.5 Å². The van der Waals surface area contributed by atoms with Crippen LogP contribution < -0.4 is 4.90 Å². The Morgan fingerprint density at radius 2 is 1.43 bits per heavy atom. The zero-order valence-electron chi connectivity index (χ0n) is 20.3. The molecule has 0 fully saturated rings. The van der Waals surface area contributed by atoms with Crippen LogP contribution in [-0.2, 0) is 14.3 Å². The van der Waals surface area contributed by atoms with Gasteiger partial charge < -0.3 is 9.64 Å². The highest BCUT2D eigenvalue weighted by atomic mass is 16.5. The number of nitriles is 1. The van der Waals surface area contributed by atoms with E-state index in [0.29, 0.717) is 17.7 Å². The second kappa shape index (κ2) is 11.6. The maximum Gasteiger partial charge on any atom is 0.338 e. The molecule has 1 aliphatic rings. The average molecular weight is 492 g/mol. The highest BCUT2D eigenvalue weighted by molar-refractivity contribution is 6.18. The monoisotopic (exact) mass is 491 g/mol. The minimum absolute atomic E-state index is 0.105. The first-order valence-electron chi connectivity index (χ1n) is 11.8. The van der Waals surface area contributed by atoms with Crippen molar-refractivity contribution < 1.29 is 19.1 Å². The van der Waals surface area contributed by atoms with E-state index in [0.717, 1.165) is 16.3 Å². The maximum atomic E-state index is 13.4. The Morgan fingerprint density at radius 1 is 0.892 bits per heavy atom. The predicted octanol–water partition coefficient (Wildman–Crippen LogP) is 4.82. The molecule has 0 bridgehead atoms. The number of imide groups is 1. The third-order valence-electron chi connectivity index (χ3n) is 6.00. The highest BCUT2D eigenvalue weighted by Crippen LogP contribution is 2.28. The zero-order valence-corrected chi connectivity index (χ0v) is 20.3. The first kappa shape index (κ1) is 25.1. The van der Waals surface area contributed by atoms with Crippen molar-refractivity contribution >= 4 is 29.2 Å². The largest absolute Gasteiger partial charge is 0.460 e. The Hall–Kier alpha value is -4.96. The molecule has 4 rings (SSSR count). The lowest BCUT2D eigenvalue weighted by Gasteiger charge is -2.28. The van der Waals surface area contributed by atoms with Crippen molar-refractivity contribution in [3.8, 4) is 6.07 Å². The van der Waals surface area contributed by atoms with Gasteiger partial charge in [0.05, 0.1) is 12.1 Å². The van der Waals surface area contributed by atoms with Gasteiger partial charge in [-0.25, -0.2) is 4.79 Å². The molecule has 1 aliphatic heterocycles. The van der Waals surface area contributed by atoms with Crippen LogP contribution in [0.25, 0.3) is 0 Å². The standard InChI is InChI=1S/C30H25N3O4/c1-22-26(17-18-32(24-13-7-3-8-14-24)25-15-9-4-10-16-25)28(34)33(29(35)27(22)21-31)19-20-37-30(36)23-11-5-2-6-12-23/h2-17H,18-20H2,1H3. The zero-order chi connectivity index (χ0) is 26.2. The summed E-state index contributed by atoms with van der Waals surface area (Å²) in [6.07, 6.45) is 1.73. The number of hydrogen-bond acceptors (Lipinski definition) is 6. The van der Waals surface area contributed by atoms with E-state index in [4.69, 9.17) is 4.74 Å². The van der Waals surface area contributed by atoms with Crippen LogP contribution in [0.1, 0.15) is 17.3 Å². The molecule has 7 heteroatoms. The molecule has 184 valence electrons. The van der Waals surface area contributed by atoms with Gasteiger partial charge in [-0.05, 0) is 48.9 Å². The van der Waals surface area contributed by atoms with Gasteiger partial charge in [0, 0.05) is 23.5 Å². The minimum atomic E-state index is -0.694. The topological polar surface area (TPSA) is 90.7 Å². The molecule has 0 saturated carbocycles. The first-order valence-corrected chi connectivity index (χ1v) is 11.8. The molecule has 2 amide bonds. The molecule has 0 unspecified atom stereocenters. The summed E-state index contributed by atoms with van der Waals surface area (Å²) in [5, 5.41) is 9.66. The second-order valence-corrected chi connectivity index (χ2v) is 8.28. The van der Waals surface area contributed by atoms with Crippen molar-refractivity contribution in [3.05, 3.63) is 119 Å². The number of rotatable bonds is 8. The van der Waals surface area contributed by atoms with Crippen molar-refractivity contribution in [3.63, 3.8) is 0 Å². The van der Waals surface area contributed by atoms with E-state index in [-0.39, 0.29) is 24.3 Å². The lowest BCUT2D eigenvalue weighted by molar-refractivity contribution is -0.141. The van der Waals surface area contributed by atoms with Crippen molar-refractivity contribution in [2.24, 2.45) is 0 Å². The molecule has 0 spiro atoms. The van der Waals surface area contributed by atoms with Crippen LogP contribution in [0, 0.1) is 11.3 Å². The van der Waals surface area contributed by atoms with Gasteiger partial charge in [-0.1, -0.05) is 60.7 Å². The van der Waals surface area contributed by atoms with E-state index in [1.165, 1.54) is 0 Å². The summed E-state index contributed by atoms with van der Waals surface area (Å²) in [5.41, 5.74) is 2.72. The van der Waals surface area contributed by atoms with Gasteiger partial charge in [-0.2, -0.15) is 5.26 Å². The number of carbonyl (C=O) groups is 3. The van der Waals surface area contributed by atoms with Crippen molar-refractivity contribution in [2.45, 2.75) is 6.92 Å². The molecule has 37 heavy (non-hydrogen) atoms. The van der Waals surface area contributed by atoms with E-state index in [2.05, 4.69) is 0 Å². The van der Waals surface area contributed by atoms with Crippen LogP contribution in [0.15, 0.2) is 114 Å². The average Bonchev–Trinajstić information content (AvgIpc) is 2.94. The van der Waals surface area contributed by atoms with E-state index < -0.39 is 17.8 Å². The van der Waals surface area contributed by atoms with Crippen LogP contribution in [0.5, 0.6) is 0 Å². The molecular formula is C30H25N3O4. The number of amides is 2. The van der Waals surface area contributed by atoms with Crippen molar-refractivity contribution in [1.29, 1.82) is 5.26 Å². The van der Waals surface area contributed by atoms with E-state index in [1.807, 2.05) is 71.6 Å². The maximum absolute atomic E-state index is 13.4. The third-order valence-corrected chi connectivity index (χ3v) is 6.00. The molecule has 0 radical (unpaired) electrons. The summed E-state index contributed by atoms with van der Waals surface area (Å²) < 4.78 is 5.26. The highest BCUT2D eigenvalue weighted by Gasteiger charge is 2.35. The van der Waals surface area contributed by atoms with Gasteiger partial charge in [-0.15, -0.1) is 0 Å². The smallest absolute Gasteiger partial charge is 0.338 e. The number of ether oxygens (including phenoxy) is 1. The first-order chi connectivity index (χ1) is 18.0. The Bertz CT molecular complexity index is 1350. The van der Waals surface area contributed by atoms with Gasteiger partial charge in [0.25, 0.3) is 11.8 Å². The van der Waals surface area contributed by atoms with Crippen LogP contribution in [0.3, 0.4) is 0 Å². The Labute approximate surface area is 215 Å².